The number of aliphatic imine (C=N–C) groups is 1. The standard InChI is InChI=1S/C37H51N3O2S2/c1-8-36(3,4)26-21-22-30(28(25-26)37(5,6)9-2)42-24-16-15-23-38-35-40(27-17-11-10-12-18-27)33(41)32(44-35)34-39(7)29-19-13-14-20-31(29)43-34/h13-14,19-22,25,27H,8-12,15-18,23-24H2,1-7H3. The Bertz CT molecular complexity index is 1410. The van der Waals surface area contributed by atoms with Gasteiger partial charge in [0.2, 0.25) is 0 Å². The van der Waals surface area contributed by atoms with Gasteiger partial charge in [-0.1, -0.05) is 96.8 Å². The minimum Gasteiger partial charge on any atom is -0.493 e. The molecule has 1 aliphatic carbocycles. The molecule has 1 saturated carbocycles. The highest BCUT2D eigenvalue weighted by Crippen LogP contribution is 2.50. The quantitative estimate of drug-likeness (QED) is 0.182. The third kappa shape index (κ3) is 6.89. The zero-order valence-electron chi connectivity index (χ0n) is 27.9. The Labute approximate surface area is 274 Å². The van der Waals surface area contributed by atoms with Crippen molar-refractivity contribution in [1.29, 1.82) is 0 Å². The molecule has 3 aliphatic rings. The van der Waals surface area contributed by atoms with Gasteiger partial charge in [-0.3, -0.25) is 14.7 Å². The van der Waals surface area contributed by atoms with E-state index in [1.807, 2.05) is 4.90 Å². The van der Waals surface area contributed by atoms with Crippen LogP contribution < -0.4 is 9.64 Å². The number of amidine groups is 1. The van der Waals surface area contributed by atoms with E-state index in [1.54, 1.807) is 23.5 Å². The highest BCUT2D eigenvalue weighted by atomic mass is 32.2. The molecular weight excluding hydrogens is 583 g/mol. The van der Waals surface area contributed by atoms with Gasteiger partial charge in [-0.25, -0.2) is 0 Å². The summed E-state index contributed by atoms with van der Waals surface area (Å²) < 4.78 is 6.43. The van der Waals surface area contributed by atoms with E-state index in [2.05, 4.69) is 96.0 Å². The second-order valence-electron chi connectivity index (χ2n) is 13.7. The van der Waals surface area contributed by atoms with Crippen molar-refractivity contribution in [1.82, 2.24) is 4.90 Å². The van der Waals surface area contributed by atoms with Gasteiger partial charge in [0.15, 0.2) is 5.17 Å². The summed E-state index contributed by atoms with van der Waals surface area (Å²) in [4.78, 5) is 25.2. The Kier molecular flexibility index (Phi) is 10.5. The van der Waals surface area contributed by atoms with Crippen molar-refractivity contribution >= 4 is 40.3 Å². The maximum absolute atomic E-state index is 13.9. The van der Waals surface area contributed by atoms with Crippen LogP contribution in [0, 0.1) is 0 Å². The Morgan fingerprint density at radius 1 is 0.932 bits per heavy atom. The van der Waals surface area contributed by atoms with Gasteiger partial charge in [0, 0.05) is 30.1 Å². The van der Waals surface area contributed by atoms with E-state index >= 15 is 0 Å². The molecule has 2 aliphatic heterocycles. The van der Waals surface area contributed by atoms with Crippen molar-refractivity contribution in [2.75, 3.05) is 25.1 Å². The van der Waals surface area contributed by atoms with Crippen molar-refractivity contribution < 1.29 is 9.53 Å². The van der Waals surface area contributed by atoms with Gasteiger partial charge < -0.3 is 9.64 Å². The smallest absolute Gasteiger partial charge is 0.269 e. The van der Waals surface area contributed by atoms with Gasteiger partial charge in [-0.2, -0.15) is 0 Å². The molecule has 2 fully saturated rings. The first-order chi connectivity index (χ1) is 21.1. The van der Waals surface area contributed by atoms with E-state index < -0.39 is 0 Å². The van der Waals surface area contributed by atoms with Crippen molar-refractivity contribution in [3.63, 3.8) is 0 Å². The number of amides is 1. The molecule has 0 N–H and O–H groups in total. The lowest BCUT2D eigenvalue weighted by atomic mass is 9.76. The number of thioether (sulfide) groups is 2. The van der Waals surface area contributed by atoms with Crippen molar-refractivity contribution in [2.45, 2.75) is 121 Å². The molecule has 5 nitrogen and oxygen atoms in total. The molecular formula is C37H51N3O2S2. The van der Waals surface area contributed by atoms with Crippen LogP contribution in [-0.4, -0.2) is 42.2 Å². The van der Waals surface area contributed by atoms with Crippen LogP contribution in [0.2, 0.25) is 0 Å². The predicted molar refractivity (Wildman–Crippen MR) is 189 cm³/mol. The molecule has 2 aromatic rings. The molecule has 238 valence electrons. The van der Waals surface area contributed by atoms with Gasteiger partial charge in [0.05, 0.1) is 17.3 Å². The van der Waals surface area contributed by atoms with Crippen molar-refractivity contribution in [3.8, 4) is 5.75 Å². The normalized spacial score (nSPS) is 20.6. The van der Waals surface area contributed by atoms with Gasteiger partial charge in [0.25, 0.3) is 5.91 Å². The molecule has 5 rings (SSSR count). The number of carbonyl (C=O) groups is 1. The lowest BCUT2D eigenvalue weighted by molar-refractivity contribution is -0.124. The molecule has 0 unspecified atom stereocenters. The van der Waals surface area contributed by atoms with Crippen LogP contribution in [0.15, 0.2) is 62.3 Å². The number of benzene rings is 2. The second kappa shape index (κ2) is 13.9. The average Bonchev–Trinajstić information content (AvgIpc) is 3.54. The highest BCUT2D eigenvalue weighted by Gasteiger charge is 2.42. The molecule has 0 atom stereocenters. The van der Waals surface area contributed by atoms with Gasteiger partial charge in [-0.05, 0) is 84.9 Å². The van der Waals surface area contributed by atoms with Gasteiger partial charge >= 0.3 is 0 Å². The first kappa shape index (κ1) is 33.0. The van der Waals surface area contributed by atoms with Crippen LogP contribution in [0.5, 0.6) is 5.75 Å². The monoisotopic (exact) mass is 633 g/mol. The fraction of sp³-hybridized carbons (Fsp3) is 0.568. The number of carbonyl (C=O) groups excluding carboxylic acids is 1. The highest BCUT2D eigenvalue weighted by molar-refractivity contribution is 8.19. The van der Waals surface area contributed by atoms with Crippen molar-refractivity contribution in [3.05, 3.63) is 63.5 Å². The SMILES string of the molecule is CCC(C)(C)c1ccc(OCCCCN=C2SC(=C3Sc4ccccc4N3C)C(=O)N2C2CCCCC2)c(C(C)(C)CC)c1. The number of rotatable bonds is 11. The average molecular weight is 634 g/mol. The fourth-order valence-electron chi connectivity index (χ4n) is 6.16. The minimum atomic E-state index is 0.0508. The van der Waals surface area contributed by atoms with Gasteiger partial charge in [0.1, 0.15) is 10.7 Å². The van der Waals surface area contributed by atoms with E-state index in [0.717, 1.165) is 65.1 Å². The maximum atomic E-state index is 13.9. The third-order valence-corrected chi connectivity index (χ3v) is 12.4. The number of para-hydroxylation sites is 1. The number of anilines is 1. The predicted octanol–water partition coefficient (Wildman–Crippen LogP) is 9.90. The third-order valence-electron chi connectivity index (χ3n) is 10.00. The summed E-state index contributed by atoms with van der Waals surface area (Å²) in [6.07, 6.45) is 9.77. The molecule has 1 amide bonds. The number of hydrogen-bond donors (Lipinski definition) is 0. The number of ether oxygens (including phenoxy) is 1. The van der Waals surface area contributed by atoms with Crippen LogP contribution >= 0.6 is 23.5 Å². The van der Waals surface area contributed by atoms with E-state index in [-0.39, 0.29) is 22.8 Å². The lowest BCUT2D eigenvalue weighted by Crippen LogP contribution is -2.40. The zero-order chi connectivity index (χ0) is 31.5. The van der Waals surface area contributed by atoms with Gasteiger partial charge in [-0.15, -0.1) is 0 Å². The lowest BCUT2D eigenvalue weighted by Gasteiger charge is -2.30. The number of unbranched alkanes of at least 4 members (excludes halogenated alkanes) is 1. The minimum absolute atomic E-state index is 0.0508. The number of fused-ring (bicyclic) bond motifs is 1. The summed E-state index contributed by atoms with van der Waals surface area (Å²) in [5.74, 6) is 1.14. The molecule has 0 aromatic heterocycles. The van der Waals surface area contributed by atoms with Crippen LogP contribution in [0.3, 0.4) is 0 Å². The summed E-state index contributed by atoms with van der Waals surface area (Å²) in [5, 5.41) is 1.91. The molecule has 0 bridgehead atoms. The van der Waals surface area contributed by atoms with Crippen LogP contribution in [0.25, 0.3) is 0 Å². The Hall–Kier alpha value is -2.38. The maximum Gasteiger partial charge on any atom is 0.269 e. The van der Waals surface area contributed by atoms with Crippen LogP contribution in [-0.2, 0) is 15.6 Å². The van der Waals surface area contributed by atoms with Crippen LogP contribution in [0.4, 0.5) is 5.69 Å². The molecule has 7 heteroatoms. The molecule has 0 radical (unpaired) electrons. The number of hydrogen-bond acceptors (Lipinski definition) is 6. The molecule has 44 heavy (non-hydrogen) atoms. The molecule has 1 saturated heterocycles. The fourth-order valence-corrected chi connectivity index (χ4v) is 8.57. The summed E-state index contributed by atoms with van der Waals surface area (Å²) in [6.45, 7) is 15.2. The molecule has 2 aromatic carbocycles. The van der Waals surface area contributed by atoms with E-state index in [1.165, 1.54) is 35.3 Å². The first-order valence-electron chi connectivity index (χ1n) is 16.7. The Morgan fingerprint density at radius 3 is 2.36 bits per heavy atom. The molecule has 0 spiro atoms. The zero-order valence-corrected chi connectivity index (χ0v) is 29.5. The summed E-state index contributed by atoms with van der Waals surface area (Å²) >= 11 is 3.28. The summed E-state index contributed by atoms with van der Waals surface area (Å²) in [7, 11) is 2.07. The van der Waals surface area contributed by atoms with Crippen molar-refractivity contribution in [2.24, 2.45) is 4.99 Å². The first-order valence-corrected chi connectivity index (χ1v) is 18.3. The molecule has 2 heterocycles. The Balaban J connectivity index is 1.26. The largest absolute Gasteiger partial charge is 0.493 e. The Morgan fingerprint density at radius 2 is 1.66 bits per heavy atom. The topological polar surface area (TPSA) is 45.1 Å². The second-order valence-corrected chi connectivity index (χ2v) is 15.7. The van der Waals surface area contributed by atoms with Crippen LogP contribution in [0.1, 0.15) is 110 Å². The summed E-state index contributed by atoms with van der Waals surface area (Å²) in [5.41, 5.74) is 4.05. The van der Waals surface area contributed by atoms with E-state index in [0.29, 0.717) is 13.2 Å². The number of nitrogens with zero attached hydrogens (tertiary/aromatic N) is 3. The summed E-state index contributed by atoms with van der Waals surface area (Å²) in [6, 6.07) is 15.5. The van der Waals surface area contributed by atoms with E-state index in [4.69, 9.17) is 9.73 Å². The van der Waals surface area contributed by atoms with E-state index in [9.17, 15) is 4.79 Å².